The van der Waals surface area contributed by atoms with Gasteiger partial charge in [0.2, 0.25) is 0 Å². The summed E-state index contributed by atoms with van der Waals surface area (Å²) in [6, 6.07) is 4.34. The van der Waals surface area contributed by atoms with Crippen LogP contribution in [0.2, 0.25) is 0 Å². The first kappa shape index (κ1) is 12.9. The summed E-state index contributed by atoms with van der Waals surface area (Å²) in [6.45, 7) is 10.3. The number of rotatable bonds is 4. The minimum absolute atomic E-state index is 0.320. The predicted octanol–water partition coefficient (Wildman–Crippen LogP) is 2.95. The molecule has 1 fully saturated rings. The molecule has 0 radical (unpaired) electrons. The lowest BCUT2D eigenvalue weighted by molar-refractivity contribution is 0.152. The minimum Gasteiger partial charge on any atom is -0.453 e. The van der Waals surface area contributed by atoms with Gasteiger partial charge in [-0.1, -0.05) is 5.57 Å². The van der Waals surface area contributed by atoms with E-state index in [0.717, 1.165) is 43.0 Å². The predicted molar refractivity (Wildman–Crippen MR) is 73.0 cm³/mol. The summed E-state index contributed by atoms with van der Waals surface area (Å²) in [5.74, 6) is 1.03. The second-order valence-corrected chi connectivity index (χ2v) is 5.39. The Morgan fingerprint density at radius 2 is 2.24 bits per heavy atom. The molecule has 1 aliphatic heterocycles. The third kappa shape index (κ3) is 3.44. The lowest BCUT2D eigenvalue weighted by atomic mass is 10.0. The Balaban J connectivity index is 2.14. The minimum atomic E-state index is 0.320. The summed E-state index contributed by atoms with van der Waals surface area (Å²) >= 11 is 3.37. The van der Waals surface area contributed by atoms with E-state index in [-0.39, 0.29) is 0 Å². The summed E-state index contributed by atoms with van der Waals surface area (Å²) < 4.78 is 6.51. The van der Waals surface area contributed by atoms with Crippen molar-refractivity contribution in [1.82, 2.24) is 10.2 Å². The zero-order chi connectivity index (χ0) is 12.3. The van der Waals surface area contributed by atoms with Crippen LogP contribution in [-0.4, -0.2) is 31.1 Å². The van der Waals surface area contributed by atoms with Gasteiger partial charge in [-0.3, -0.25) is 4.90 Å². The Labute approximate surface area is 111 Å². The first-order chi connectivity index (χ1) is 8.16. The monoisotopic (exact) mass is 298 g/mol. The van der Waals surface area contributed by atoms with Crippen molar-refractivity contribution in [3.05, 3.63) is 34.7 Å². The summed E-state index contributed by atoms with van der Waals surface area (Å²) in [7, 11) is 0. The second-order valence-electron chi connectivity index (χ2n) is 4.60. The molecule has 2 rings (SSSR count). The standard InChI is InChI=1S/C13H19BrN2O/c1-10(2)9-11(12-3-4-13(14)17-12)16-7-5-15-6-8-16/h3-4,11,15H,1,5-9H2,2H3/t11-/m1/s1. The summed E-state index contributed by atoms with van der Waals surface area (Å²) in [4.78, 5) is 2.47. The summed E-state index contributed by atoms with van der Waals surface area (Å²) in [5.41, 5.74) is 1.20. The molecule has 1 saturated heterocycles. The van der Waals surface area contributed by atoms with E-state index in [1.807, 2.05) is 6.07 Å². The van der Waals surface area contributed by atoms with Crippen LogP contribution in [0.1, 0.15) is 25.1 Å². The molecule has 1 N–H and O–H groups in total. The van der Waals surface area contributed by atoms with Gasteiger partial charge in [-0.2, -0.15) is 0 Å². The molecule has 1 aromatic rings. The highest BCUT2D eigenvalue weighted by atomic mass is 79.9. The fourth-order valence-electron chi connectivity index (χ4n) is 2.24. The number of piperazine rings is 1. The Hall–Kier alpha value is -0.580. The highest BCUT2D eigenvalue weighted by Gasteiger charge is 2.24. The van der Waals surface area contributed by atoms with Gasteiger partial charge in [0, 0.05) is 26.2 Å². The molecule has 0 saturated carbocycles. The van der Waals surface area contributed by atoms with Gasteiger partial charge < -0.3 is 9.73 Å². The number of hydrogen-bond donors (Lipinski definition) is 1. The van der Waals surface area contributed by atoms with Gasteiger partial charge in [0.15, 0.2) is 4.67 Å². The number of furan rings is 1. The van der Waals surface area contributed by atoms with E-state index in [4.69, 9.17) is 4.42 Å². The third-order valence-electron chi connectivity index (χ3n) is 3.06. The Kier molecular flexibility index (Phi) is 4.42. The zero-order valence-electron chi connectivity index (χ0n) is 10.2. The van der Waals surface area contributed by atoms with Crippen molar-refractivity contribution in [2.45, 2.75) is 19.4 Å². The SMILES string of the molecule is C=C(C)C[C@H](c1ccc(Br)o1)N1CCNCC1. The quantitative estimate of drug-likeness (QED) is 0.867. The van der Waals surface area contributed by atoms with Crippen LogP contribution in [0.25, 0.3) is 0 Å². The lowest BCUT2D eigenvalue weighted by Gasteiger charge is -2.34. The molecule has 94 valence electrons. The average Bonchev–Trinajstić information content (AvgIpc) is 2.73. The van der Waals surface area contributed by atoms with Gasteiger partial charge >= 0.3 is 0 Å². The van der Waals surface area contributed by atoms with Gasteiger partial charge in [0.1, 0.15) is 5.76 Å². The molecule has 0 bridgehead atoms. The largest absolute Gasteiger partial charge is 0.453 e. The molecule has 4 heteroatoms. The van der Waals surface area contributed by atoms with Crippen molar-refractivity contribution in [3.63, 3.8) is 0 Å². The van der Waals surface area contributed by atoms with E-state index < -0.39 is 0 Å². The number of hydrogen-bond acceptors (Lipinski definition) is 3. The van der Waals surface area contributed by atoms with Crippen molar-refractivity contribution in [1.29, 1.82) is 0 Å². The molecule has 3 nitrogen and oxygen atoms in total. The fourth-order valence-corrected chi connectivity index (χ4v) is 2.56. The van der Waals surface area contributed by atoms with E-state index in [0.29, 0.717) is 6.04 Å². The van der Waals surface area contributed by atoms with Gasteiger partial charge in [-0.15, -0.1) is 6.58 Å². The van der Waals surface area contributed by atoms with E-state index in [2.05, 4.69) is 45.7 Å². The van der Waals surface area contributed by atoms with E-state index in [9.17, 15) is 0 Å². The van der Waals surface area contributed by atoms with Crippen molar-refractivity contribution >= 4 is 15.9 Å². The van der Waals surface area contributed by atoms with Crippen LogP contribution >= 0.6 is 15.9 Å². The first-order valence-corrected chi connectivity index (χ1v) is 6.80. The Bertz CT molecular complexity index is 383. The van der Waals surface area contributed by atoms with Crippen LogP contribution in [0.15, 0.2) is 33.4 Å². The van der Waals surface area contributed by atoms with Gasteiger partial charge in [-0.05, 0) is 41.4 Å². The number of nitrogens with one attached hydrogen (secondary N) is 1. The lowest BCUT2D eigenvalue weighted by Crippen LogP contribution is -2.45. The Morgan fingerprint density at radius 3 is 2.76 bits per heavy atom. The number of halogens is 1. The molecule has 0 aliphatic carbocycles. The molecule has 0 aromatic carbocycles. The van der Waals surface area contributed by atoms with Gasteiger partial charge in [-0.25, -0.2) is 0 Å². The van der Waals surface area contributed by atoms with Crippen LogP contribution in [0.4, 0.5) is 0 Å². The van der Waals surface area contributed by atoms with Crippen LogP contribution in [0.5, 0.6) is 0 Å². The smallest absolute Gasteiger partial charge is 0.169 e. The molecule has 17 heavy (non-hydrogen) atoms. The van der Waals surface area contributed by atoms with Gasteiger partial charge in [0.05, 0.1) is 6.04 Å². The fraction of sp³-hybridized carbons (Fsp3) is 0.538. The molecule has 0 amide bonds. The molecule has 1 atom stereocenters. The second kappa shape index (κ2) is 5.85. The zero-order valence-corrected chi connectivity index (χ0v) is 11.8. The Morgan fingerprint density at radius 1 is 1.53 bits per heavy atom. The van der Waals surface area contributed by atoms with E-state index in [1.165, 1.54) is 5.57 Å². The molecular formula is C13H19BrN2O. The van der Waals surface area contributed by atoms with Crippen molar-refractivity contribution in [2.75, 3.05) is 26.2 Å². The van der Waals surface area contributed by atoms with Crippen LogP contribution in [-0.2, 0) is 0 Å². The maximum absolute atomic E-state index is 5.71. The molecule has 1 aromatic heterocycles. The van der Waals surface area contributed by atoms with Crippen LogP contribution in [0, 0.1) is 0 Å². The van der Waals surface area contributed by atoms with Crippen LogP contribution in [0.3, 0.4) is 0 Å². The molecule has 2 heterocycles. The average molecular weight is 299 g/mol. The molecule has 1 aliphatic rings. The summed E-state index contributed by atoms with van der Waals surface area (Å²) in [5, 5.41) is 3.38. The van der Waals surface area contributed by atoms with Crippen molar-refractivity contribution in [3.8, 4) is 0 Å². The topological polar surface area (TPSA) is 28.4 Å². The van der Waals surface area contributed by atoms with Crippen molar-refractivity contribution < 1.29 is 4.42 Å². The normalized spacial score (nSPS) is 19.2. The highest BCUT2D eigenvalue weighted by Crippen LogP contribution is 2.30. The summed E-state index contributed by atoms with van der Waals surface area (Å²) in [6.07, 6.45) is 0.958. The van der Waals surface area contributed by atoms with E-state index >= 15 is 0 Å². The molecule has 0 unspecified atom stereocenters. The van der Waals surface area contributed by atoms with Crippen molar-refractivity contribution in [2.24, 2.45) is 0 Å². The third-order valence-corrected chi connectivity index (χ3v) is 3.48. The van der Waals surface area contributed by atoms with E-state index in [1.54, 1.807) is 0 Å². The van der Waals surface area contributed by atoms with Gasteiger partial charge in [0.25, 0.3) is 0 Å². The maximum Gasteiger partial charge on any atom is 0.169 e. The maximum atomic E-state index is 5.71. The highest BCUT2D eigenvalue weighted by molar-refractivity contribution is 9.10. The number of nitrogens with zero attached hydrogens (tertiary/aromatic N) is 1. The molecular weight excluding hydrogens is 280 g/mol. The molecule has 0 spiro atoms. The first-order valence-electron chi connectivity index (χ1n) is 6.01. The van der Waals surface area contributed by atoms with Crippen LogP contribution < -0.4 is 5.32 Å².